The van der Waals surface area contributed by atoms with Gasteiger partial charge in [0.05, 0.1) is 23.3 Å². The Kier molecular flexibility index (Phi) is 6.74. The normalized spacial score (nSPS) is 12.3. The third-order valence-corrected chi connectivity index (χ3v) is 6.16. The highest BCUT2D eigenvalue weighted by Crippen LogP contribution is 2.36. The van der Waals surface area contributed by atoms with Gasteiger partial charge in [0.1, 0.15) is 10.6 Å². The highest BCUT2D eigenvalue weighted by atomic mass is 32.1. The van der Waals surface area contributed by atoms with Gasteiger partial charge < -0.3 is 14.8 Å². The van der Waals surface area contributed by atoms with Crippen LogP contribution in [-0.4, -0.2) is 54.8 Å². The van der Waals surface area contributed by atoms with E-state index in [9.17, 15) is 24.0 Å². The van der Waals surface area contributed by atoms with Crippen molar-refractivity contribution in [2.24, 2.45) is 0 Å². The minimum Gasteiger partial charge on any atom is -0.462 e. The predicted octanol–water partition coefficient (Wildman–Crippen LogP) is 3.61. The van der Waals surface area contributed by atoms with Crippen LogP contribution in [-0.2, 0) is 14.3 Å². The van der Waals surface area contributed by atoms with Gasteiger partial charge in [0.25, 0.3) is 17.7 Å². The minimum atomic E-state index is -0.834. The Hall–Kier alpha value is -4.31. The highest BCUT2D eigenvalue weighted by Gasteiger charge is 2.33. The number of anilines is 1. The number of thiophene rings is 1. The first-order chi connectivity index (χ1) is 16.8. The summed E-state index contributed by atoms with van der Waals surface area (Å²) in [7, 11) is 1.35. The molecule has 2 aromatic carbocycles. The van der Waals surface area contributed by atoms with E-state index in [1.807, 2.05) is 30.3 Å². The molecular formula is C25H20N2O7S. The molecule has 0 atom stereocenters. The molecule has 10 heteroatoms. The van der Waals surface area contributed by atoms with E-state index in [4.69, 9.17) is 9.47 Å². The number of amides is 3. The lowest BCUT2D eigenvalue weighted by atomic mass is 10.0. The summed E-state index contributed by atoms with van der Waals surface area (Å²) in [6, 6.07) is 13.2. The van der Waals surface area contributed by atoms with Crippen LogP contribution in [0.15, 0.2) is 53.9 Å². The van der Waals surface area contributed by atoms with Crippen molar-refractivity contribution in [3.8, 4) is 11.1 Å². The Morgan fingerprint density at radius 3 is 2.34 bits per heavy atom. The molecule has 0 fully saturated rings. The molecule has 1 aliphatic heterocycles. The summed E-state index contributed by atoms with van der Waals surface area (Å²) in [5.41, 5.74) is 1.95. The van der Waals surface area contributed by atoms with Crippen molar-refractivity contribution < 1.29 is 33.4 Å². The lowest BCUT2D eigenvalue weighted by Crippen LogP contribution is -2.24. The first kappa shape index (κ1) is 23.8. The van der Waals surface area contributed by atoms with Gasteiger partial charge in [-0.05, 0) is 30.7 Å². The van der Waals surface area contributed by atoms with Crippen molar-refractivity contribution in [3.63, 3.8) is 0 Å². The van der Waals surface area contributed by atoms with E-state index in [1.165, 1.54) is 25.2 Å². The highest BCUT2D eigenvalue weighted by molar-refractivity contribution is 7.15. The zero-order valence-corrected chi connectivity index (χ0v) is 19.6. The molecule has 0 spiro atoms. The van der Waals surface area contributed by atoms with Gasteiger partial charge in [-0.1, -0.05) is 30.3 Å². The van der Waals surface area contributed by atoms with Crippen molar-refractivity contribution in [1.82, 2.24) is 4.90 Å². The average Bonchev–Trinajstić information content (AvgIpc) is 3.38. The van der Waals surface area contributed by atoms with Gasteiger partial charge in [-0.15, -0.1) is 11.3 Å². The van der Waals surface area contributed by atoms with Gasteiger partial charge in [0, 0.05) is 18.0 Å². The first-order valence-corrected chi connectivity index (χ1v) is 11.5. The zero-order chi connectivity index (χ0) is 25.1. The number of benzene rings is 2. The molecule has 0 saturated carbocycles. The number of esters is 2. The molecule has 0 unspecified atom stereocenters. The van der Waals surface area contributed by atoms with Crippen molar-refractivity contribution in [2.75, 3.05) is 25.6 Å². The summed E-state index contributed by atoms with van der Waals surface area (Å²) in [5, 5.41) is 4.61. The van der Waals surface area contributed by atoms with Crippen molar-refractivity contribution in [2.45, 2.75) is 6.92 Å². The Balaban J connectivity index is 1.46. The average molecular weight is 493 g/mol. The SMILES string of the molecule is CCOC(=O)c1c(-c2ccccc2)csc1NC(=O)COC(=O)c1ccc2c(c1)C(=O)N(C)C2=O. The summed E-state index contributed by atoms with van der Waals surface area (Å²) in [6.07, 6.45) is 0. The van der Waals surface area contributed by atoms with Crippen LogP contribution in [0.4, 0.5) is 5.00 Å². The van der Waals surface area contributed by atoms with E-state index in [-0.39, 0.29) is 33.9 Å². The molecule has 3 amide bonds. The van der Waals surface area contributed by atoms with Crippen LogP contribution in [0.25, 0.3) is 11.1 Å². The number of carbonyl (C=O) groups is 5. The molecule has 1 aromatic heterocycles. The van der Waals surface area contributed by atoms with Gasteiger partial charge in [0.2, 0.25) is 0 Å². The number of carbonyl (C=O) groups excluding carboxylic acids is 5. The molecule has 0 radical (unpaired) electrons. The predicted molar refractivity (Wildman–Crippen MR) is 127 cm³/mol. The van der Waals surface area contributed by atoms with Crippen molar-refractivity contribution in [1.29, 1.82) is 0 Å². The first-order valence-electron chi connectivity index (χ1n) is 10.6. The second-order valence-electron chi connectivity index (χ2n) is 7.49. The van der Waals surface area contributed by atoms with Crippen LogP contribution < -0.4 is 5.32 Å². The molecule has 0 aliphatic carbocycles. The quantitative estimate of drug-likeness (QED) is 0.395. The van der Waals surface area contributed by atoms with Crippen LogP contribution in [0, 0.1) is 0 Å². The van der Waals surface area contributed by atoms with Gasteiger partial charge in [-0.3, -0.25) is 19.3 Å². The molecule has 4 rings (SSSR count). The second kappa shape index (κ2) is 9.90. The van der Waals surface area contributed by atoms with Crippen molar-refractivity contribution in [3.05, 3.63) is 76.2 Å². The van der Waals surface area contributed by atoms with E-state index >= 15 is 0 Å². The molecule has 1 aliphatic rings. The zero-order valence-electron chi connectivity index (χ0n) is 18.8. The molecule has 1 N–H and O–H groups in total. The fourth-order valence-corrected chi connectivity index (χ4v) is 4.52. The van der Waals surface area contributed by atoms with Crippen LogP contribution in [0.1, 0.15) is 48.4 Å². The molecule has 3 aromatic rings. The Morgan fingerprint density at radius 1 is 0.914 bits per heavy atom. The molecule has 35 heavy (non-hydrogen) atoms. The smallest absolute Gasteiger partial charge is 0.341 e. The molecule has 0 saturated heterocycles. The maximum atomic E-state index is 12.6. The van der Waals surface area contributed by atoms with Gasteiger partial charge in [-0.2, -0.15) is 0 Å². The fourth-order valence-electron chi connectivity index (χ4n) is 3.55. The van der Waals surface area contributed by atoms with E-state index in [0.717, 1.165) is 21.8 Å². The minimum absolute atomic E-state index is 0.0303. The number of ether oxygens (including phenoxy) is 2. The topological polar surface area (TPSA) is 119 Å². The third kappa shape index (κ3) is 4.69. The van der Waals surface area contributed by atoms with Crippen LogP contribution in [0.3, 0.4) is 0 Å². The summed E-state index contributed by atoms with van der Waals surface area (Å²) in [6.45, 7) is 1.23. The summed E-state index contributed by atoms with van der Waals surface area (Å²) < 4.78 is 10.2. The molecular weight excluding hydrogens is 472 g/mol. The Morgan fingerprint density at radius 2 is 1.63 bits per heavy atom. The standard InChI is InChI=1S/C25H20N2O7S/c1-3-33-25(32)20-18(14-7-5-4-6-8-14)13-35-21(20)26-19(28)12-34-24(31)15-9-10-16-17(11-15)23(30)27(2)22(16)29/h4-11,13H,3,12H2,1-2H3,(H,26,28). The maximum Gasteiger partial charge on any atom is 0.341 e. The number of hydrogen-bond acceptors (Lipinski definition) is 8. The maximum absolute atomic E-state index is 12.6. The van der Waals surface area contributed by atoms with Crippen molar-refractivity contribution >= 4 is 46.0 Å². The van der Waals surface area contributed by atoms with E-state index in [1.54, 1.807) is 12.3 Å². The number of nitrogens with zero attached hydrogens (tertiary/aromatic N) is 1. The molecule has 9 nitrogen and oxygen atoms in total. The largest absolute Gasteiger partial charge is 0.462 e. The molecule has 178 valence electrons. The van der Waals surface area contributed by atoms with Gasteiger partial charge in [0.15, 0.2) is 6.61 Å². The van der Waals surface area contributed by atoms with Gasteiger partial charge in [-0.25, -0.2) is 9.59 Å². The Bertz CT molecular complexity index is 1350. The second-order valence-corrected chi connectivity index (χ2v) is 8.37. The number of fused-ring (bicyclic) bond motifs is 1. The monoisotopic (exact) mass is 492 g/mol. The third-order valence-electron chi connectivity index (χ3n) is 5.27. The molecule has 0 bridgehead atoms. The van der Waals surface area contributed by atoms with Gasteiger partial charge >= 0.3 is 11.9 Å². The van der Waals surface area contributed by atoms with Crippen LogP contribution in [0.5, 0.6) is 0 Å². The fraction of sp³-hybridized carbons (Fsp3) is 0.160. The lowest BCUT2D eigenvalue weighted by Gasteiger charge is -2.09. The summed E-state index contributed by atoms with van der Waals surface area (Å²) >= 11 is 1.15. The van der Waals surface area contributed by atoms with E-state index in [0.29, 0.717) is 5.56 Å². The molecule has 2 heterocycles. The number of rotatable bonds is 7. The number of hydrogen-bond donors (Lipinski definition) is 1. The van der Waals surface area contributed by atoms with E-state index < -0.39 is 36.3 Å². The van der Waals surface area contributed by atoms with Crippen LogP contribution >= 0.6 is 11.3 Å². The van der Waals surface area contributed by atoms with Crippen LogP contribution in [0.2, 0.25) is 0 Å². The Labute approximate surface area is 204 Å². The summed E-state index contributed by atoms with van der Waals surface area (Å²) in [5.74, 6) is -3.04. The number of nitrogens with one attached hydrogen (secondary N) is 1. The summed E-state index contributed by atoms with van der Waals surface area (Å²) in [4.78, 5) is 62.6. The lowest BCUT2D eigenvalue weighted by molar-refractivity contribution is -0.119. The van der Waals surface area contributed by atoms with E-state index in [2.05, 4.69) is 5.32 Å². The number of imide groups is 1.